The summed E-state index contributed by atoms with van der Waals surface area (Å²) < 4.78 is 7.57. The smallest absolute Gasteiger partial charge is 0.230 e. The molecule has 0 spiro atoms. The number of nitrogens with zero attached hydrogens (tertiary/aromatic N) is 4. The molecule has 7 nitrogen and oxygen atoms in total. The Morgan fingerprint density at radius 3 is 3.03 bits per heavy atom. The number of aromatic nitrogens is 4. The summed E-state index contributed by atoms with van der Waals surface area (Å²) in [4.78, 5) is 17.0. The number of benzene rings is 1. The van der Waals surface area contributed by atoms with Crippen molar-refractivity contribution in [1.82, 2.24) is 19.7 Å². The van der Waals surface area contributed by atoms with Gasteiger partial charge >= 0.3 is 0 Å². The average Bonchev–Trinajstić information content (AvgIpc) is 3.47. The van der Waals surface area contributed by atoms with Gasteiger partial charge < -0.3 is 14.3 Å². The van der Waals surface area contributed by atoms with Gasteiger partial charge in [-0.1, -0.05) is 18.6 Å². The second-order valence-corrected chi connectivity index (χ2v) is 8.19. The molecule has 1 aliphatic rings. The molecule has 1 aromatic carbocycles. The fourth-order valence-electron chi connectivity index (χ4n) is 3.71. The molecule has 1 aliphatic heterocycles. The zero-order valence-corrected chi connectivity index (χ0v) is 17.2. The van der Waals surface area contributed by atoms with Crippen LogP contribution in [0.25, 0.3) is 22.2 Å². The maximum absolute atomic E-state index is 12.6. The molecule has 0 aliphatic carbocycles. The summed E-state index contributed by atoms with van der Waals surface area (Å²) in [7, 11) is 0. The van der Waals surface area contributed by atoms with Crippen LogP contribution in [-0.4, -0.2) is 25.7 Å². The Bertz CT molecular complexity index is 1160. The Kier molecular flexibility index (Phi) is 5.15. The highest BCUT2D eigenvalue weighted by atomic mass is 32.1. The van der Waals surface area contributed by atoms with Gasteiger partial charge in [-0.3, -0.25) is 4.79 Å². The lowest BCUT2D eigenvalue weighted by molar-refractivity contribution is -0.115. The number of rotatable bonds is 5. The Hall–Kier alpha value is -3.26. The summed E-state index contributed by atoms with van der Waals surface area (Å²) >= 11 is 1.47. The van der Waals surface area contributed by atoms with E-state index in [2.05, 4.69) is 25.1 Å². The highest BCUT2D eigenvalue weighted by Crippen LogP contribution is 2.26. The van der Waals surface area contributed by atoms with Crippen molar-refractivity contribution in [3.63, 3.8) is 0 Å². The largest absolute Gasteiger partial charge is 0.462 e. The van der Waals surface area contributed by atoms with Crippen molar-refractivity contribution in [1.29, 1.82) is 0 Å². The molecular weight excluding hydrogens is 398 g/mol. The van der Waals surface area contributed by atoms with Crippen molar-refractivity contribution in [2.45, 2.75) is 38.6 Å². The van der Waals surface area contributed by atoms with E-state index in [0.29, 0.717) is 5.76 Å². The van der Waals surface area contributed by atoms with Crippen LogP contribution in [-0.2, 0) is 24.2 Å². The first-order valence-corrected chi connectivity index (χ1v) is 10.9. The van der Waals surface area contributed by atoms with Crippen molar-refractivity contribution in [2.75, 3.05) is 5.32 Å². The molecule has 0 radical (unpaired) electrons. The summed E-state index contributed by atoms with van der Waals surface area (Å²) in [5.41, 5.74) is 2.43. The lowest BCUT2D eigenvalue weighted by Crippen LogP contribution is -2.14. The predicted molar refractivity (Wildman–Crippen MR) is 115 cm³/mol. The molecule has 0 bridgehead atoms. The molecule has 0 saturated carbocycles. The SMILES string of the molecule is O=C(Cc1csc(-c2ccco2)n1)Nc1cccc(-c2nnc3n2CCCCC3)c1. The van der Waals surface area contributed by atoms with Crippen LogP contribution in [0.4, 0.5) is 5.69 Å². The Balaban J connectivity index is 1.29. The number of hydrogen-bond donors (Lipinski definition) is 1. The van der Waals surface area contributed by atoms with Gasteiger partial charge in [0.15, 0.2) is 16.6 Å². The van der Waals surface area contributed by atoms with E-state index in [-0.39, 0.29) is 12.3 Å². The number of hydrogen-bond acceptors (Lipinski definition) is 6. The normalized spacial score (nSPS) is 13.6. The first kappa shape index (κ1) is 18.7. The number of amides is 1. The monoisotopic (exact) mass is 419 g/mol. The maximum Gasteiger partial charge on any atom is 0.230 e. The van der Waals surface area contributed by atoms with Crippen molar-refractivity contribution in [3.05, 3.63) is 59.6 Å². The van der Waals surface area contributed by atoms with Crippen molar-refractivity contribution < 1.29 is 9.21 Å². The third kappa shape index (κ3) is 3.91. The zero-order valence-electron chi connectivity index (χ0n) is 16.4. The molecule has 4 aromatic rings. The topological polar surface area (TPSA) is 85.8 Å². The highest BCUT2D eigenvalue weighted by molar-refractivity contribution is 7.13. The van der Waals surface area contributed by atoms with E-state index in [4.69, 9.17) is 4.42 Å². The number of carbonyl (C=O) groups is 1. The van der Waals surface area contributed by atoms with Crippen LogP contribution in [0, 0.1) is 0 Å². The van der Waals surface area contributed by atoms with Crippen LogP contribution in [0.2, 0.25) is 0 Å². The average molecular weight is 420 g/mol. The predicted octanol–water partition coefficient (Wildman–Crippen LogP) is 4.57. The van der Waals surface area contributed by atoms with Crippen molar-refractivity contribution in [3.8, 4) is 22.2 Å². The maximum atomic E-state index is 12.6. The number of furan rings is 1. The van der Waals surface area contributed by atoms with Crippen LogP contribution >= 0.6 is 11.3 Å². The van der Waals surface area contributed by atoms with E-state index in [1.165, 1.54) is 17.8 Å². The van der Waals surface area contributed by atoms with E-state index < -0.39 is 0 Å². The first-order chi connectivity index (χ1) is 14.8. The van der Waals surface area contributed by atoms with Gasteiger partial charge in [-0.15, -0.1) is 21.5 Å². The minimum atomic E-state index is -0.108. The number of nitrogens with one attached hydrogen (secondary N) is 1. The zero-order chi connectivity index (χ0) is 20.3. The van der Waals surface area contributed by atoms with Gasteiger partial charge in [0.05, 0.1) is 18.4 Å². The van der Waals surface area contributed by atoms with Gasteiger partial charge in [0.25, 0.3) is 0 Å². The minimum absolute atomic E-state index is 0.108. The van der Waals surface area contributed by atoms with E-state index in [1.54, 1.807) is 6.26 Å². The molecule has 0 saturated heterocycles. The lowest BCUT2D eigenvalue weighted by atomic mass is 10.1. The number of fused-ring (bicyclic) bond motifs is 1. The molecule has 0 fully saturated rings. The van der Waals surface area contributed by atoms with E-state index >= 15 is 0 Å². The summed E-state index contributed by atoms with van der Waals surface area (Å²) in [6, 6.07) is 11.5. The van der Waals surface area contributed by atoms with Crippen LogP contribution in [0.5, 0.6) is 0 Å². The molecular formula is C22H21N5O2S. The number of thiazole rings is 1. The second kappa shape index (κ2) is 8.23. The van der Waals surface area contributed by atoms with Crippen LogP contribution in [0.1, 0.15) is 30.8 Å². The number of aryl methyl sites for hydroxylation is 1. The molecule has 152 valence electrons. The summed E-state index contributed by atoms with van der Waals surface area (Å²) in [6.45, 7) is 0.941. The Labute approximate surface area is 177 Å². The van der Waals surface area contributed by atoms with Gasteiger partial charge in [0.2, 0.25) is 5.91 Å². The van der Waals surface area contributed by atoms with Gasteiger partial charge in [0, 0.05) is 29.6 Å². The van der Waals surface area contributed by atoms with Crippen LogP contribution < -0.4 is 5.32 Å². The Morgan fingerprint density at radius 1 is 1.17 bits per heavy atom. The van der Waals surface area contributed by atoms with Crippen molar-refractivity contribution >= 4 is 22.9 Å². The molecule has 1 N–H and O–H groups in total. The van der Waals surface area contributed by atoms with Crippen molar-refractivity contribution in [2.24, 2.45) is 0 Å². The van der Waals surface area contributed by atoms with Gasteiger partial charge in [-0.2, -0.15) is 0 Å². The molecule has 30 heavy (non-hydrogen) atoms. The van der Waals surface area contributed by atoms with Crippen LogP contribution in [0.3, 0.4) is 0 Å². The van der Waals surface area contributed by atoms with Gasteiger partial charge in [-0.05, 0) is 37.1 Å². The molecule has 3 aromatic heterocycles. The highest BCUT2D eigenvalue weighted by Gasteiger charge is 2.17. The molecule has 4 heterocycles. The van der Waals surface area contributed by atoms with E-state index in [1.807, 2.05) is 41.8 Å². The molecule has 8 heteroatoms. The molecule has 1 amide bonds. The minimum Gasteiger partial charge on any atom is -0.462 e. The fourth-order valence-corrected chi connectivity index (χ4v) is 4.49. The van der Waals surface area contributed by atoms with E-state index in [9.17, 15) is 4.79 Å². The third-order valence-corrected chi connectivity index (χ3v) is 6.05. The summed E-state index contributed by atoms with van der Waals surface area (Å²) in [5.74, 6) is 2.52. The molecule has 0 atom stereocenters. The number of carbonyl (C=O) groups excluding carboxylic acids is 1. The third-order valence-electron chi connectivity index (χ3n) is 5.14. The quantitative estimate of drug-likeness (QED) is 0.512. The van der Waals surface area contributed by atoms with E-state index in [0.717, 1.165) is 59.4 Å². The summed E-state index contributed by atoms with van der Waals surface area (Å²) in [5, 5.41) is 14.4. The van der Waals surface area contributed by atoms with Gasteiger partial charge in [0.1, 0.15) is 5.82 Å². The first-order valence-electron chi connectivity index (χ1n) is 10.1. The molecule has 0 unspecified atom stereocenters. The lowest BCUT2D eigenvalue weighted by Gasteiger charge is -2.09. The number of anilines is 1. The summed E-state index contributed by atoms with van der Waals surface area (Å²) in [6.07, 6.45) is 6.31. The van der Waals surface area contributed by atoms with Crippen LogP contribution in [0.15, 0.2) is 52.5 Å². The van der Waals surface area contributed by atoms with Gasteiger partial charge in [-0.25, -0.2) is 4.98 Å². The Morgan fingerprint density at radius 2 is 2.13 bits per heavy atom. The fraction of sp³-hybridized carbons (Fsp3) is 0.273. The second-order valence-electron chi connectivity index (χ2n) is 7.33. The standard InChI is InChI=1S/C22H21N5O2S/c28-20(13-17-14-30-22(24-17)18-8-5-11-29-18)23-16-7-4-6-15(12-16)21-26-25-19-9-2-1-3-10-27(19)21/h4-8,11-12,14H,1-3,9-10,13H2,(H,23,28). The molecule has 5 rings (SSSR count).